The molecule has 1 N–H and O–H groups in total. The van der Waals surface area contributed by atoms with E-state index in [2.05, 4.69) is 5.10 Å². The molecule has 0 radical (unpaired) electrons. The summed E-state index contributed by atoms with van der Waals surface area (Å²) in [5.74, 6) is 1.10. The molecule has 0 saturated carbocycles. The number of fused-ring (bicyclic) bond motifs is 1. The summed E-state index contributed by atoms with van der Waals surface area (Å²) in [5.41, 5.74) is 3.70. The van der Waals surface area contributed by atoms with Crippen LogP contribution in [0.1, 0.15) is 17.2 Å². The van der Waals surface area contributed by atoms with Crippen LogP contribution in [0.5, 0.6) is 11.5 Å². The van der Waals surface area contributed by atoms with Crippen LogP contribution in [-0.2, 0) is 6.54 Å². The summed E-state index contributed by atoms with van der Waals surface area (Å²) < 4.78 is 13.6. The van der Waals surface area contributed by atoms with Gasteiger partial charge in [-0.2, -0.15) is 5.10 Å². The van der Waals surface area contributed by atoms with Crippen molar-refractivity contribution in [3.8, 4) is 22.8 Å². The third-order valence-corrected chi connectivity index (χ3v) is 5.11. The van der Waals surface area contributed by atoms with Crippen molar-refractivity contribution in [1.29, 1.82) is 0 Å². The summed E-state index contributed by atoms with van der Waals surface area (Å²) in [7, 11) is 3.09. The summed E-state index contributed by atoms with van der Waals surface area (Å²) in [6, 6.07) is 15.0. The number of ether oxygens (including phenoxy) is 2. The molecule has 0 bridgehead atoms. The Kier molecular flexibility index (Phi) is 5.29. The minimum Gasteiger partial charge on any atom is -0.493 e. The van der Waals surface area contributed by atoms with Gasteiger partial charge in [-0.3, -0.25) is 4.79 Å². The van der Waals surface area contributed by atoms with Gasteiger partial charge in [0.2, 0.25) is 0 Å². The lowest BCUT2D eigenvalue weighted by molar-refractivity contribution is 0.154. The van der Waals surface area contributed by atoms with Gasteiger partial charge in [0.05, 0.1) is 32.6 Å². The fourth-order valence-corrected chi connectivity index (χ4v) is 3.39. The molecule has 0 spiro atoms. The van der Waals surface area contributed by atoms with Crippen LogP contribution in [0.4, 0.5) is 0 Å². The Bertz CT molecular complexity index is 1240. The minimum absolute atomic E-state index is 0.107. The third-order valence-electron chi connectivity index (χ3n) is 5.11. The van der Waals surface area contributed by atoms with E-state index in [1.54, 1.807) is 48.3 Å². The Morgan fingerprint density at radius 2 is 1.73 bits per heavy atom. The Morgan fingerprint density at radius 3 is 2.43 bits per heavy atom. The average molecular weight is 405 g/mol. The largest absolute Gasteiger partial charge is 0.493 e. The van der Waals surface area contributed by atoms with Crippen LogP contribution in [0.25, 0.3) is 16.8 Å². The Balaban J connectivity index is 1.64. The number of nitrogens with zero attached hydrogens (tertiary/aromatic N) is 3. The number of aliphatic hydroxyl groups excluding tert-OH is 1. The monoisotopic (exact) mass is 405 g/mol. The van der Waals surface area contributed by atoms with Gasteiger partial charge >= 0.3 is 0 Å². The molecule has 0 aliphatic carbocycles. The van der Waals surface area contributed by atoms with Crippen molar-refractivity contribution in [3.63, 3.8) is 0 Å². The molecular formula is C23H23N3O4. The summed E-state index contributed by atoms with van der Waals surface area (Å²) in [6.45, 7) is 2.13. The summed E-state index contributed by atoms with van der Waals surface area (Å²) >= 11 is 0. The first-order chi connectivity index (χ1) is 14.5. The lowest BCUT2D eigenvalue weighted by Crippen LogP contribution is -2.24. The third kappa shape index (κ3) is 3.67. The van der Waals surface area contributed by atoms with Gasteiger partial charge in [-0.25, -0.2) is 4.52 Å². The van der Waals surface area contributed by atoms with Crippen LogP contribution in [0, 0.1) is 6.92 Å². The van der Waals surface area contributed by atoms with Crippen LogP contribution < -0.4 is 15.0 Å². The highest BCUT2D eigenvalue weighted by molar-refractivity contribution is 5.65. The van der Waals surface area contributed by atoms with Gasteiger partial charge in [0.1, 0.15) is 5.52 Å². The van der Waals surface area contributed by atoms with E-state index in [0.717, 1.165) is 16.8 Å². The van der Waals surface area contributed by atoms with Crippen LogP contribution >= 0.6 is 0 Å². The normalized spacial score (nSPS) is 12.1. The molecule has 4 aromatic rings. The van der Waals surface area contributed by atoms with E-state index < -0.39 is 6.10 Å². The first kappa shape index (κ1) is 19.7. The molecule has 2 aromatic heterocycles. The molecule has 0 unspecified atom stereocenters. The second-order valence-corrected chi connectivity index (χ2v) is 7.11. The van der Waals surface area contributed by atoms with E-state index in [0.29, 0.717) is 22.6 Å². The highest BCUT2D eigenvalue weighted by Gasteiger charge is 2.15. The number of aryl methyl sites for hydroxylation is 1. The van der Waals surface area contributed by atoms with E-state index in [1.807, 2.05) is 31.2 Å². The van der Waals surface area contributed by atoms with Crippen LogP contribution in [0.3, 0.4) is 0 Å². The van der Waals surface area contributed by atoms with Gasteiger partial charge in [-0.1, -0.05) is 35.9 Å². The molecule has 7 nitrogen and oxygen atoms in total. The van der Waals surface area contributed by atoms with Crippen LogP contribution in [-0.4, -0.2) is 33.5 Å². The predicted octanol–water partition coefficient (Wildman–Crippen LogP) is 3.22. The number of benzene rings is 2. The molecule has 2 heterocycles. The molecule has 1 atom stereocenters. The highest BCUT2D eigenvalue weighted by Crippen LogP contribution is 2.30. The van der Waals surface area contributed by atoms with Crippen molar-refractivity contribution < 1.29 is 14.6 Å². The zero-order chi connectivity index (χ0) is 21.3. The molecular weight excluding hydrogens is 382 g/mol. The fraction of sp³-hybridized carbons (Fsp3) is 0.217. The molecule has 4 rings (SSSR count). The first-order valence-electron chi connectivity index (χ1n) is 9.56. The fourth-order valence-electron chi connectivity index (χ4n) is 3.39. The van der Waals surface area contributed by atoms with E-state index in [4.69, 9.17) is 9.47 Å². The van der Waals surface area contributed by atoms with Crippen molar-refractivity contribution in [2.45, 2.75) is 19.6 Å². The Hall–Kier alpha value is -3.58. The number of aliphatic hydroxyl groups is 1. The van der Waals surface area contributed by atoms with Gasteiger partial charge in [0, 0.05) is 18.0 Å². The SMILES string of the molecule is COc1ccc([C@@H](O)Cn2ccn3nc(-c4ccc(C)cc4)cc3c2=O)cc1OC. The second kappa shape index (κ2) is 8.04. The van der Waals surface area contributed by atoms with E-state index in [9.17, 15) is 9.90 Å². The molecule has 0 aliphatic heterocycles. The topological polar surface area (TPSA) is 78.0 Å². The molecule has 0 fully saturated rings. The predicted molar refractivity (Wildman–Crippen MR) is 114 cm³/mol. The standard InChI is InChI=1S/C23H23N3O4/c1-15-4-6-16(7-5-15)18-13-19-23(28)25(10-11-26(19)24-18)14-20(27)17-8-9-21(29-2)22(12-17)30-3/h4-13,20,27H,14H2,1-3H3/t20-/m0/s1. The zero-order valence-electron chi connectivity index (χ0n) is 17.1. The van der Waals surface area contributed by atoms with Crippen molar-refractivity contribution >= 4 is 5.52 Å². The summed E-state index contributed by atoms with van der Waals surface area (Å²) in [5, 5.41) is 15.2. The lowest BCUT2D eigenvalue weighted by atomic mass is 10.1. The van der Waals surface area contributed by atoms with Gasteiger partial charge < -0.3 is 19.1 Å². The summed E-state index contributed by atoms with van der Waals surface area (Å²) in [4.78, 5) is 13.0. The summed E-state index contributed by atoms with van der Waals surface area (Å²) in [6.07, 6.45) is 2.46. The maximum Gasteiger partial charge on any atom is 0.276 e. The van der Waals surface area contributed by atoms with E-state index >= 15 is 0 Å². The quantitative estimate of drug-likeness (QED) is 0.533. The Labute approximate surface area is 173 Å². The number of hydrogen-bond donors (Lipinski definition) is 1. The average Bonchev–Trinajstić information content (AvgIpc) is 3.20. The van der Waals surface area contributed by atoms with Crippen LogP contribution in [0.15, 0.2) is 65.7 Å². The van der Waals surface area contributed by atoms with Gasteiger partial charge in [-0.15, -0.1) is 0 Å². The van der Waals surface area contributed by atoms with E-state index in [1.165, 1.54) is 11.7 Å². The highest BCUT2D eigenvalue weighted by atomic mass is 16.5. The number of hydrogen-bond acceptors (Lipinski definition) is 5. The smallest absolute Gasteiger partial charge is 0.276 e. The molecule has 0 aliphatic rings. The number of methoxy groups -OCH3 is 2. The maximum absolute atomic E-state index is 13.0. The van der Waals surface area contributed by atoms with Crippen molar-refractivity contribution in [1.82, 2.24) is 14.2 Å². The van der Waals surface area contributed by atoms with Crippen molar-refractivity contribution in [3.05, 3.63) is 82.4 Å². The van der Waals surface area contributed by atoms with Crippen molar-refractivity contribution in [2.75, 3.05) is 14.2 Å². The number of aromatic nitrogens is 3. The first-order valence-corrected chi connectivity index (χ1v) is 9.56. The molecule has 2 aromatic carbocycles. The Morgan fingerprint density at radius 1 is 1.00 bits per heavy atom. The molecule has 154 valence electrons. The number of rotatable bonds is 6. The van der Waals surface area contributed by atoms with E-state index in [-0.39, 0.29) is 12.1 Å². The minimum atomic E-state index is -0.885. The second-order valence-electron chi connectivity index (χ2n) is 7.11. The van der Waals surface area contributed by atoms with Crippen molar-refractivity contribution in [2.24, 2.45) is 0 Å². The van der Waals surface area contributed by atoms with Gasteiger partial charge in [0.15, 0.2) is 11.5 Å². The molecule has 30 heavy (non-hydrogen) atoms. The van der Waals surface area contributed by atoms with Gasteiger partial charge in [0.25, 0.3) is 5.56 Å². The maximum atomic E-state index is 13.0. The lowest BCUT2D eigenvalue weighted by Gasteiger charge is -2.15. The van der Waals surface area contributed by atoms with Gasteiger partial charge in [-0.05, 0) is 30.7 Å². The molecule has 0 saturated heterocycles. The van der Waals surface area contributed by atoms with Crippen LogP contribution in [0.2, 0.25) is 0 Å². The molecule has 7 heteroatoms. The zero-order valence-corrected chi connectivity index (χ0v) is 17.1. The molecule has 0 amide bonds.